The van der Waals surface area contributed by atoms with Crippen LogP contribution in [0.3, 0.4) is 0 Å². The number of primary amides is 1. The van der Waals surface area contributed by atoms with Crippen LogP contribution in [0.25, 0.3) is 10.9 Å². The molecule has 2 amide bonds. The second-order valence-corrected chi connectivity index (χ2v) is 4.74. The molecule has 0 spiro atoms. The highest BCUT2D eigenvalue weighted by Crippen LogP contribution is 2.19. The third-order valence-corrected chi connectivity index (χ3v) is 3.32. The van der Waals surface area contributed by atoms with Crippen LogP contribution in [-0.2, 0) is 0 Å². The number of nitrogens with zero attached hydrogens (tertiary/aromatic N) is 1. The van der Waals surface area contributed by atoms with Crippen LogP contribution in [-0.4, -0.2) is 16.8 Å². The lowest BCUT2D eigenvalue weighted by Crippen LogP contribution is -2.18. The highest BCUT2D eigenvalue weighted by atomic mass is 16.2. The molecule has 5 heteroatoms. The van der Waals surface area contributed by atoms with E-state index in [1.807, 2.05) is 18.2 Å². The molecule has 1 aromatic heterocycles. The molecule has 0 unspecified atom stereocenters. The Morgan fingerprint density at radius 3 is 2.45 bits per heavy atom. The maximum Gasteiger partial charge on any atom is 0.257 e. The molecule has 0 bridgehead atoms. The molecule has 0 aliphatic rings. The lowest BCUT2D eigenvalue weighted by Gasteiger charge is -2.10. The minimum Gasteiger partial charge on any atom is -0.366 e. The van der Waals surface area contributed by atoms with Crippen LogP contribution >= 0.6 is 0 Å². The molecule has 0 aliphatic heterocycles. The van der Waals surface area contributed by atoms with E-state index in [0.29, 0.717) is 16.8 Å². The minimum absolute atomic E-state index is 0.268. The van der Waals surface area contributed by atoms with E-state index in [-0.39, 0.29) is 11.5 Å². The number of fused-ring (bicyclic) bond motifs is 1. The fraction of sp³-hybridized carbons (Fsp3) is 0. The Kier molecular flexibility index (Phi) is 3.53. The van der Waals surface area contributed by atoms with E-state index in [1.165, 1.54) is 0 Å². The maximum atomic E-state index is 12.5. The van der Waals surface area contributed by atoms with E-state index in [4.69, 9.17) is 5.73 Å². The second-order valence-electron chi connectivity index (χ2n) is 4.74. The van der Waals surface area contributed by atoms with Gasteiger partial charge >= 0.3 is 0 Å². The van der Waals surface area contributed by atoms with Gasteiger partial charge in [0.25, 0.3) is 11.8 Å². The fourth-order valence-corrected chi connectivity index (χ4v) is 2.28. The van der Waals surface area contributed by atoms with Gasteiger partial charge in [0, 0.05) is 11.6 Å². The Hall–Kier alpha value is -3.21. The molecular weight excluding hydrogens is 278 g/mol. The first-order valence-corrected chi connectivity index (χ1v) is 6.71. The quantitative estimate of drug-likeness (QED) is 0.777. The van der Waals surface area contributed by atoms with Gasteiger partial charge in [-0.1, -0.05) is 30.3 Å². The average Bonchev–Trinajstić information content (AvgIpc) is 2.54. The van der Waals surface area contributed by atoms with Crippen molar-refractivity contribution in [2.45, 2.75) is 0 Å². The molecular formula is C17H13N3O2. The largest absolute Gasteiger partial charge is 0.366 e. The van der Waals surface area contributed by atoms with Crippen molar-refractivity contribution in [1.82, 2.24) is 4.98 Å². The van der Waals surface area contributed by atoms with Crippen molar-refractivity contribution in [3.63, 3.8) is 0 Å². The van der Waals surface area contributed by atoms with Crippen LogP contribution in [0.5, 0.6) is 0 Å². The Labute approximate surface area is 126 Å². The van der Waals surface area contributed by atoms with Crippen molar-refractivity contribution < 1.29 is 9.59 Å². The standard InChI is InChI=1S/C17H13N3O2/c18-16(21)12-7-1-2-9-14(12)20-17(22)13-8-3-5-11-6-4-10-19-15(11)13/h1-10H,(H2,18,21)(H,20,22). The molecule has 3 aromatic rings. The first-order chi connectivity index (χ1) is 10.7. The molecule has 3 rings (SSSR count). The number of carbonyl (C=O) groups excluding carboxylic acids is 2. The number of anilines is 1. The van der Waals surface area contributed by atoms with Crippen LogP contribution in [0.15, 0.2) is 60.8 Å². The first-order valence-electron chi connectivity index (χ1n) is 6.71. The summed E-state index contributed by atoms with van der Waals surface area (Å²) in [7, 11) is 0. The average molecular weight is 291 g/mol. The van der Waals surface area contributed by atoms with Gasteiger partial charge in [-0.2, -0.15) is 0 Å². The number of carbonyl (C=O) groups is 2. The third-order valence-electron chi connectivity index (χ3n) is 3.32. The summed E-state index contributed by atoms with van der Waals surface area (Å²) in [5.74, 6) is -0.926. The van der Waals surface area contributed by atoms with Gasteiger partial charge in [0.1, 0.15) is 0 Å². The molecule has 108 valence electrons. The summed E-state index contributed by atoms with van der Waals surface area (Å²) in [6.07, 6.45) is 1.64. The zero-order valence-corrected chi connectivity index (χ0v) is 11.6. The van der Waals surface area contributed by atoms with Crippen molar-refractivity contribution in [3.05, 3.63) is 71.9 Å². The van der Waals surface area contributed by atoms with Crippen molar-refractivity contribution in [2.75, 3.05) is 5.32 Å². The van der Waals surface area contributed by atoms with E-state index >= 15 is 0 Å². The van der Waals surface area contributed by atoms with Gasteiger partial charge in [-0.3, -0.25) is 14.6 Å². The van der Waals surface area contributed by atoms with Gasteiger partial charge in [0.15, 0.2) is 0 Å². The van der Waals surface area contributed by atoms with Gasteiger partial charge in [0.2, 0.25) is 0 Å². The molecule has 22 heavy (non-hydrogen) atoms. The Morgan fingerprint density at radius 2 is 1.64 bits per heavy atom. The van der Waals surface area contributed by atoms with Crippen LogP contribution < -0.4 is 11.1 Å². The highest BCUT2D eigenvalue weighted by Gasteiger charge is 2.14. The normalized spacial score (nSPS) is 10.4. The van der Waals surface area contributed by atoms with Crippen LogP contribution in [0, 0.1) is 0 Å². The molecule has 2 aromatic carbocycles. The fourth-order valence-electron chi connectivity index (χ4n) is 2.28. The summed E-state index contributed by atoms with van der Waals surface area (Å²) in [6, 6.07) is 15.7. The van der Waals surface area contributed by atoms with Crippen molar-refractivity contribution >= 4 is 28.4 Å². The van der Waals surface area contributed by atoms with E-state index in [9.17, 15) is 9.59 Å². The number of para-hydroxylation sites is 2. The summed E-state index contributed by atoms with van der Waals surface area (Å²) in [5, 5.41) is 3.59. The summed E-state index contributed by atoms with van der Waals surface area (Å²) in [6.45, 7) is 0. The van der Waals surface area contributed by atoms with E-state index in [0.717, 1.165) is 5.39 Å². The lowest BCUT2D eigenvalue weighted by molar-refractivity contribution is 0.100. The molecule has 1 heterocycles. The number of pyridine rings is 1. The Balaban J connectivity index is 2.00. The van der Waals surface area contributed by atoms with E-state index < -0.39 is 5.91 Å². The molecule has 0 radical (unpaired) electrons. The molecule has 0 fully saturated rings. The Morgan fingerprint density at radius 1 is 0.909 bits per heavy atom. The van der Waals surface area contributed by atoms with Gasteiger partial charge < -0.3 is 11.1 Å². The minimum atomic E-state index is -0.591. The van der Waals surface area contributed by atoms with Crippen molar-refractivity contribution in [2.24, 2.45) is 5.73 Å². The predicted octanol–water partition coefficient (Wildman–Crippen LogP) is 2.59. The predicted molar refractivity (Wildman–Crippen MR) is 84.7 cm³/mol. The Bertz CT molecular complexity index is 869. The second kappa shape index (κ2) is 5.65. The number of amides is 2. The molecule has 0 saturated carbocycles. The number of nitrogens with one attached hydrogen (secondary N) is 1. The number of rotatable bonds is 3. The molecule has 0 aliphatic carbocycles. The molecule has 0 atom stereocenters. The van der Waals surface area contributed by atoms with Gasteiger partial charge in [-0.15, -0.1) is 0 Å². The number of hydrogen-bond acceptors (Lipinski definition) is 3. The van der Waals surface area contributed by atoms with Crippen LogP contribution in [0.1, 0.15) is 20.7 Å². The zero-order chi connectivity index (χ0) is 15.5. The smallest absolute Gasteiger partial charge is 0.257 e. The van der Waals surface area contributed by atoms with Gasteiger partial charge in [-0.25, -0.2) is 0 Å². The van der Waals surface area contributed by atoms with Crippen LogP contribution in [0.4, 0.5) is 5.69 Å². The number of nitrogens with two attached hydrogens (primary N) is 1. The zero-order valence-electron chi connectivity index (χ0n) is 11.6. The van der Waals surface area contributed by atoms with Crippen molar-refractivity contribution in [3.8, 4) is 0 Å². The molecule has 0 saturated heterocycles. The SMILES string of the molecule is NC(=O)c1ccccc1NC(=O)c1cccc2cccnc12. The van der Waals surface area contributed by atoms with E-state index in [1.54, 1.807) is 42.6 Å². The monoisotopic (exact) mass is 291 g/mol. The maximum absolute atomic E-state index is 12.5. The summed E-state index contributed by atoms with van der Waals surface area (Å²) in [5.41, 5.74) is 7.02. The first kappa shape index (κ1) is 13.8. The summed E-state index contributed by atoms with van der Waals surface area (Å²) >= 11 is 0. The number of aromatic nitrogens is 1. The molecule has 3 N–H and O–H groups in total. The van der Waals surface area contributed by atoms with Crippen LogP contribution in [0.2, 0.25) is 0 Å². The summed E-state index contributed by atoms with van der Waals surface area (Å²) in [4.78, 5) is 28.2. The molecule has 5 nitrogen and oxygen atoms in total. The van der Waals surface area contributed by atoms with E-state index in [2.05, 4.69) is 10.3 Å². The number of hydrogen-bond donors (Lipinski definition) is 2. The van der Waals surface area contributed by atoms with Gasteiger partial charge in [-0.05, 0) is 24.3 Å². The topological polar surface area (TPSA) is 85.1 Å². The highest BCUT2D eigenvalue weighted by molar-refractivity contribution is 6.13. The number of benzene rings is 2. The van der Waals surface area contributed by atoms with Gasteiger partial charge in [0.05, 0.1) is 22.3 Å². The lowest BCUT2D eigenvalue weighted by atomic mass is 10.1. The third kappa shape index (κ3) is 2.52. The summed E-state index contributed by atoms with van der Waals surface area (Å²) < 4.78 is 0. The van der Waals surface area contributed by atoms with Crippen molar-refractivity contribution in [1.29, 1.82) is 0 Å².